The molecule has 1 spiro atoms. The second-order valence-electron chi connectivity index (χ2n) is 11.4. The van der Waals surface area contributed by atoms with E-state index in [1.807, 2.05) is 6.92 Å². The van der Waals surface area contributed by atoms with Crippen LogP contribution in [0, 0.1) is 34.0 Å². The lowest BCUT2D eigenvalue weighted by molar-refractivity contribution is -0.311. The monoisotopic (exact) mass is 392 g/mol. The van der Waals surface area contributed by atoms with Crippen molar-refractivity contribution in [2.45, 2.75) is 102 Å². The Morgan fingerprint density at radius 2 is 1.71 bits per heavy atom. The van der Waals surface area contributed by atoms with Gasteiger partial charge in [0.25, 0.3) is 0 Å². The number of hydrogen-bond donors (Lipinski definition) is 3. The zero-order chi connectivity index (χ0) is 20.3. The molecule has 5 heteroatoms. The van der Waals surface area contributed by atoms with Gasteiger partial charge >= 0.3 is 5.97 Å². The van der Waals surface area contributed by atoms with Crippen LogP contribution in [-0.4, -0.2) is 44.7 Å². The Balaban J connectivity index is 1.54. The minimum Gasteiger partial charge on any atom is -0.463 e. The summed E-state index contributed by atoms with van der Waals surface area (Å²) in [7, 11) is 0. The number of aliphatic hydroxyl groups is 3. The SMILES string of the molecule is CC(=O)O[C@H](C)[C@H]1CC[C@@]2(O)[C@]1(C)CC[C@@H]1[C@@]3(C)CC[C@@H]4C[C@@]43[C@H](O)C[C@]12O. The molecular formula is C23H36O5. The van der Waals surface area contributed by atoms with Crippen molar-refractivity contribution in [2.24, 2.45) is 34.0 Å². The fraction of sp³-hybridized carbons (Fsp3) is 0.957. The molecule has 0 amide bonds. The van der Waals surface area contributed by atoms with Gasteiger partial charge in [-0.3, -0.25) is 4.79 Å². The molecule has 0 heterocycles. The van der Waals surface area contributed by atoms with Crippen LogP contribution >= 0.6 is 0 Å². The second-order valence-corrected chi connectivity index (χ2v) is 11.4. The summed E-state index contributed by atoms with van der Waals surface area (Å²) < 4.78 is 5.51. The molecular weight excluding hydrogens is 356 g/mol. The van der Waals surface area contributed by atoms with E-state index in [-0.39, 0.29) is 41.2 Å². The predicted molar refractivity (Wildman–Crippen MR) is 103 cm³/mol. The number of fused-ring (bicyclic) bond motifs is 4. The van der Waals surface area contributed by atoms with E-state index < -0.39 is 22.7 Å². The second kappa shape index (κ2) is 5.33. The van der Waals surface area contributed by atoms with Crippen LogP contribution in [0.3, 0.4) is 0 Å². The quantitative estimate of drug-likeness (QED) is 0.629. The summed E-state index contributed by atoms with van der Waals surface area (Å²) in [5.74, 6) is 0.341. The average molecular weight is 393 g/mol. The van der Waals surface area contributed by atoms with Crippen molar-refractivity contribution in [3.63, 3.8) is 0 Å². The third kappa shape index (κ3) is 1.84. The maximum absolute atomic E-state index is 12.2. The van der Waals surface area contributed by atoms with Gasteiger partial charge in [0.2, 0.25) is 0 Å². The predicted octanol–water partition coefficient (Wildman–Crippen LogP) is 2.80. The number of carbonyl (C=O) groups excluding carboxylic acids is 1. The lowest BCUT2D eigenvalue weighted by Gasteiger charge is -2.67. The van der Waals surface area contributed by atoms with E-state index >= 15 is 0 Å². The van der Waals surface area contributed by atoms with Gasteiger partial charge in [-0.2, -0.15) is 0 Å². The van der Waals surface area contributed by atoms with Crippen LogP contribution in [-0.2, 0) is 9.53 Å². The Morgan fingerprint density at radius 1 is 1.04 bits per heavy atom. The van der Waals surface area contributed by atoms with Crippen LogP contribution in [0.15, 0.2) is 0 Å². The molecule has 5 saturated carbocycles. The number of ether oxygens (including phenoxy) is 1. The van der Waals surface area contributed by atoms with Gasteiger partial charge in [-0.05, 0) is 69.1 Å². The first kappa shape index (κ1) is 19.3. The van der Waals surface area contributed by atoms with Crippen LogP contribution < -0.4 is 0 Å². The summed E-state index contributed by atoms with van der Waals surface area (Å²) in [6.07, 6.45) is 5.67. The maximum Gasteiger partial charge on any atom is 0.302 e. The molecule has 0 saturated heterocycles. The highest BCUT2D eigenvalue weighted by Crippen LogP contribution is 2.82. The van der Waals surface area contributed by atoms with Crippen molar-refractivity contribution in [3.8, 4) is 0 Å². The zero-order valence-corrected chi connectivity index (χ0v) is 17.7. The molecule has 0 aliphatic heterocycles. The Bertz CT molecular complexity index is 724. The zero-order valence-electron chi connectivity index (χ0n) is 17.7. The molecule has 5 aliphatic rings. The summed E-state index contributed by atoms with van der Waals surface area (Å²) >= 11 is 0. The Hall–Kier alpha value is -0.650. The number of carbonyl (C=O) groups is 1. The number of hydrogen-bond acceptors (Lipinski definition) is 5. The molecule has 0 unspecified atom stereocenters. The van der Waals surface area contributed by atoms with Gasteiger partial charge < -0.3 is 20.1 Å². The van der Waals surface area contributed by atoms with Gasteiger partial charge in [-0.25, -0.2) is 0 Å². The van der Waals surface area contributed by atoms with Gasteiger partial charge in [0, 0.05) is 30.1 Å². The molecule has 0 aromatic rings. The van der Waals surface area contributed by atoms with Crippen LogP contribution in [0.5, 0.6) is 0 Å². The van der Waals surface area contributed by atoms with E-state index in [0.29, 0.717) is 12.3 Å². The molecule has 0 aromatic carbocycles. The molecule has 0 radical (unpaired) electrons. The topological polar surface area (TPSA) is 87.0 Å². The molecule has 3 N–H and O–H groups in total. The first-order valence-electron chi connectivity index (χ1n) is 11.3. The molecule has 5 fully saturated rings. The fourth-order valence-electron chi connectivity index (χ4n) is 9.48. The van der Waals surface area contributed by atoms with E-state index in [0.717, 1.165) is 38.5 Å². The average Bonchev–Trinajstić information content (AvgIpc) is 3.17. The summed E-state index contributed by atoms with van der Waals surface area (Å²) in [5, 5.41) is 35.5. The number of aliphatic hydroxyl groups excluding tert-OH is 1. The molecule has 28 heavy (non-hydrogen) atoms. The molecule has 5 aliphatic carbocycles. The number of rotatable bonds is 2. The third-order valence-electron chi connectivity index (χ3n) is 10.8. The molecule has 0 aromatic heterocycles. The Labute approximate surface area is 167 Å². The lowest BCUT2D eigenvalue weighted by atomic mass is 9.42. The Morgan fingerprint density at radius 3 is 2.36 bits per heavy atom. The first-order chi connectivity index (χ1) is 13.0. The van der Waals surface area contributed by atoms with Crippen molar-refractivity contribution in [3.05, 3.63) is 0 Å². The largest absolute Gasteiger partial charge is 0.463 e. The van der Waals surface area contributed by atoms with Crippen LogP contribution in [0.25, 0.3) is 0 Å². The molecule has 5 nitrogen and oxygen atoms in total. The molecule has 0 bridgehead atoms. The van der Waals surface area contributed by atoms with E-state index in [4.69, 9.17) is 4.74 Å². The molecule has 5 rings (SSSR count). The van der Waals surface area contributed by atoms with Crippen molar-refractivity contribution in [2.75, 3.05) is 0 Å². The summed E-state index contributed by atoms with van der Waals surface area (Å²) in [5.41, 5.74) is -3.17. The van der Waals surface area contributed by atoms with E-state index in [2.05, 4.69) is 13.8 Å². The van der Waals surface area contributed by atoms with E-state index in [9.17, 15) is 20.1 Å². The minimum atomic E-state index is -1.28. The van der Waals surface area contributed by atoms with Crippen molar-refractivity contribution in [1.29, 1.82) is 0 Å². The van der Waals surface area contributed by atoms with Crippen LogP contribution in [0.1, 0.15) is 79.1 Å². The van der Waals surface area contributed by atoms with Crippen molar-refractivity contribution < 1.29 is 24.9 Å². The maximum atomic E-state index is 12.2. The highest BCUT2D eigenvalue weighted by molar-refractivity contribution is 5.66. The van der Waals surface area contributed by atoms with Crippen molar-refractivity contribution in [1.82, 2.24) is 0 Å². The van der Waals surface area contributed by atoms with Gasteiger partial charge in [-0.15, -0.1) is 0 Å². The van der Waals surface area contributed by atoms with Gasteiger partial charge in [0.05, 0.1) is 17.3 Å². The van der Waals surface area contributed by atoms with Gasteiger partial charge in [-0.1, -0.05) is 13.8 Å². The van der Waals surface area contributed by atoms with Crippen LogP contribution in [0.4, 0.5) is 0 Å². The molecule has 10 atom stereocenters. The van der Waals surface area contributed by atoms with E-state index in [1.165, 1.54) is 6.92 Å². The third-order valence-corrected chi connectivity index (χ3v) is 10.8. The normalized spacial score (nSPS) is 60.2. The highest BCUT2D eigenvalue weighted by Gasteiger charge is 2.83. The lowest BCUT2D eigenvalue weighted by Crippen LogP contribution is -2.75. The highest BCUT2D eigenvalue weighted by atomic mass is 16.5. The fourth-order valence-corrected chi connectivity index (χ4v) is 9.48. The number of esters is 1. The van der Waals surface area contributed by atoms with Crippen molar-refractivity contribution >= 4 is 5.97 Å². The minimum absolute atomic E-state index is 0.0180. The van der Waals surface area contributed by atoms with Gasteiger partial charge in [0.15, 0.2) is 0 Å². The summed E-state index contributed by atoms with van der Waals surface area (Å²) in [6, 6.07) is 0. The first-order valence-corrected chi connectivity index (χ1v) is 11.3. The van der Waals surface area contributed by atoms with E-state index in [1.54, 1.807) is 0 Å². The summed E-state index contributed by atoms with van der Waals surface area (Å²) in [4.78, 5) is 11.5. The summed E-state index contributed by atoms with van der Waals surface area (Å²) in [6.45, 7) is 7.69. The molecule has 158 valence electrons. The van der Waals surface area contributed by atoms with Gasteiger partial charge in [0.1, 0.15) is 6.10 Å². The standard InChI is InChI=1S/C23H36O5/c1-13(28-14(2)24)16-6-10-23(27)19(16,3)9-7-17-20(4)8-5-15-11-21(15,20)18(25)12-22(17,23)26/h13,15-18,25-27H,5-12H2,1-4H3/t13-,15-,16-,17-,18-,19-,20-,21+,22+,23-/m1/s1. The van der Waals surface area contributed by atoms with Crippen LogP contribution in [0.2, 0.25) is 0 Å². The Kier molecular flexibility index (Phi) is 3.68. The smallest absolute Gasteiger partial charge is 0.302 e.